The lowest BCUT2D eigenvalue weighted by atomic mass is 9.99. The summed E-state index contributed by atoms with van der Waals surface area (Å²) in [5.74, 6) is 2.01. The van der Waals surface area contributed by atoms with E-state index in [0.717, 1.165) is 38.3 Å². The lowest BCUT2D eigenvalue weighted by Gasteiger charge is -2.32. The predicted octanol–water partition coefficient (Wildman–Crippen LogP) is 1.12. The average molecular weight is 236 g/mol. The molecule has 0 amide bonds. The second-order valence-corrected chi connectivity index (χ2v) is 4.41. The van der Waals surface area contributed by atoms with Crippen molar-refractivity contribution in [1.29, 1.82) is 0 Å². The first kappa shape index (κ1) is 12.1. The number of aliphatic hydroxyl groups excluding tert-OH is 1. The van der Waals surface area contributed by atoms with E-state index in [2.05, 4.69) is 20.2 Å². The SMILES string of the molecule is CCNc1nccc(N2CCCC(CO)C2)n1. The summed E-state index contributed by atoms with van der Waals surface area (Å²) >= 11 is 0. The van der Waals surface area contributed by atoms with Gasteiger partial charge < -0.3 is 15.3 Å². The summed E-state index contributed by atoms with van der Waals surface area (Å²) in [5, 5.41) is 12.3. The summed E-state index contributed by atoms with van der Waals surface area (Å²) in [7, 11) is 0. The van der Waals surface area contributed by atoms with Gasteiger partial charge in [0.1, 0.15) is 5.82 Å². The smallest absolute Gasteiger partial charge is 0.224 e. The summed E-state index contributed by atoms with van der Waals surface area (Å²) in [4.78, 5) is 10.9. The van der Waals surface area contributed by atoms with Crippen molar-refractivity contribution in [2.24, 2.45) is 5.92 Å². The summed E-state index contributed by atoms with van der Waals surface area (Å²) in [6.07, 6.45) is 4.01. The van der Waals surface area contributed by atoms with E-state index >= 15 is 0 Å². The van der Waals surface area contributed by atoms with Gasteiger partial charge in [-0.15, -0.1) is 0 Å². The highest BCUT2D eigenvalue weighted by Crippen LogP contribution is 2.21. The van der Waals surface area contributed by atoms with Gasteiger partial charge in [-0.25, -0.2) is 4.98 Å². The molecule has 1 aliphatic heterocycles. The van der Waals surface area contributed by atoms with Crippen LogP contribution in [0.25, 0.3) is 0 Å². The molecule has 1 fully saturated rings. The third-order valence-electron chi connectivity index (χ3n) is 3.08. The normalized spacial score (nSPS) is 20.4. The Bertz CT molecular complexity index is 358. The highest BCUT2D eigenvalue weighted by atomic mass is 16.3. The Balaban J connectivity index is 2.07. The molecule has 0 radical (unpaired) electrons. The number of hydrogen-bond acceptors (Lipinski definition) is 5. The largest absolute Gasteiger partial charge is 0.396 e. The zero-order chi connectivity index (χ0) is 12.1. The van der Waals surface area contributed by atoms with Gasteiger partial charge in [0, 0.05) is 32.4 Å². The fourth-order valence-corrected chi connectivity index (χ4v) is 2.19. The number of piperidine rings is 1. The molecule has 0 aliphatic carbocycles. The minimum Gasteiger partial charge on any atom is -0.396 e. The molecule has 1 unspecified atom stereocenters. The van der Waals surface area contributed by atoms with E-state index in [1.165, 1.54) is 0 Å². The van der Waals surface area contributed by atoms with Gasteiger partial charge in [0.25, 0.3) is 0 Å². The Labute approximate surface area is 102 Å². The van der Waals surface area contributed by atoms with Crippen LogP contribution >= 0.6 is 0 Å². The molecule has 1 aromatic rings. The first-order valence-corrected chi connectivity index (χ1v) is 6.26. The fraction of sp³-hybridized carbons (Fsp3) is 0.667. The molecule has 1 aromatic heterocycles. The van der Waals surface area contributed by atoms with Crippen molar-refractivity contribution in [1.82, 2.24) is 9.97 Å². The minimum absolute atomic E-state index is 0.266. The molecule has 0 spiro atoms. The number of nitrogens with one attached hydrogen (secondary N) is 1. The Kier molecular flexibility index (Phi) is 4.14. The molecule has 2 N–H and O–H groups in total. The van der Waals surface area contributed by atoms with E-state index in [9.17, 15) is 5.11 Å². The lowest BCUT2D eigenvalue weighted by molar-refractivity contribution is 0.208. The standard InChI is InChI=1S/C12H20N4O/c1-2-13-12-14-6-5-11(15-12)16-7-3-4-10(8-16)9-17/h5-6,10,17H,2-4,7-9H2,1H3,(H,13,14,15). The highest BCUT2D eigenvalue weighted by Gasteiger charge is 2.20. The van der Waals surface area contributed by atoms with E-state index < -0.39 is 0 Å². The summed E-state index contributed by atoms with van der Waals surface area (Å²) in [5.41, 5.74) is 0. The third-order valence-corrected chi connectivity index (χ3v) is 3.08. The van der Waals surface area contributed by atoms with Gasteiger partial charge in [-0.2, -0.15) is 4.98 Å². The van der Waals surface area contributed by atoms with Crippen LogP contribution in [0.2, 0.25) is 0 Å². The van der Waals surface area contributed by atoms with Gasteiger partial charge in [-0.05, 0) is 31.7 Å². The third kappa shape index (κ3) is 3.06. The van der Waals surface area contributed by atoms with E-state index in [0.29, 0.717) is 11.9 Å². The average Bonchev–Trinajstić information content (AvgIpc) is 2.40. The maximum absolute atomic E-state index is 9.22. The quantitative estimate of drug-likeness (QED) is 0.820. The monoisotopic (exact) mass is 236 g/mol. The topological polar surface area (TPSA) is 61.3 Å². The number of anilines is 2. The first-order chi connectivity index (χ1) is 8.33. The van der Waals surface area contributed by atoms with Gasteiger partial charge in [-0.3, -0.25) is 0 Å². The molecule has 0 saturated carbocycles. The maximum atomic E-state index is 9.22. The Hall–Kier alpha value is -1.36. The molecule has 5 heteroatoms. The summed E-state index contributed by atoms with van der Waals surface area (Å²) in [6, 6.07) is 1.93. The number of aromatic nitrogens is 2. The maximum Gasteiger partial charge on any atom is 0.224 e. The molecule has 1 saturated heterocycles. The van der Waals surface area contributed by atoms with E-state index in [1.807, 2.05) is 13.0 Å². The molecular weight excluding hydrogens is 216 g/mol. The van der Waals surface area contributed by atoms with Crippen LogP contribution in [-0.2, 0) is 0 Å². The van der Waals surface area contributed by atoms with Crippen molar-refractivity contribution < 1.29 is 5.11 Å². The van der Waals surface area contributed by atoms with Gasteiger partial charge in [-0.1, -0.05) is 0 Å². The Morgan fingerprint density at radius 1 is 1.59 bits per heavy atom. The van der Waals surface area contributed by atoms with Gasteiger partial charge in [0.05, 0.1) is 0 Å². The van der Waals surface area contributed by atoms with Crippen molar-refractivity contribution in [3.05, 3.63) is 12.3 Å². The van der Waals surface area contributed by atoms with Crippen LogP contribution in [0.15, 0.2) is 12.3 Å². The van der Waals surface area contributed by atoms with Gasteiger partial charge in [0.15, 0.2) is 0 Å². The number of nitrogens with zero attached hydrogens (tertiary/aromatic N) is 3. The van der Waals surface area contributed by atoms with Crippen LogP contribution in [0.4, 0.5) is 11.8 Å². The van der Waals surface area contributed by atoms with Crippen LogP contribution in [0.1, 0.15) is 19.8 Å². The second-order valence-electron chi connectivity index (χ2n) is 4.41. The summed E-state index contributed by atoms with van der Waals surface area (Å²) < 4.78 is 0. The summed E-state index contributed by atoms with van der Waals surface area (Å²) in [6.45, 7) is 5.02. The van der Waals surface area contributed by atoms with Crippen LogP contribution in [0, 0.1) is 5.92 Å². The molecule has 2 rings (SSSR count). The van der Waals surface area contributed by atoms with Gasteiger partial charge in [0.2, 0.25) is 5.95 Å². The van der Waals surface area contributed by atoms with Crippen LogP contribution in [0.3, 0.4) is 0 Å². The van der Waals surface area contributed by atoms with Crippen molar-refractivity contribution in [2.75, 3.05) is 36.5 Å². The molecule has 0 aromatic carbocycles. The predicted molar refractivity (Wildman–Crippen MR) is 68.2 cm³/mol. The van der Waals surface area contributed by atoms with E-state index in [4.69, 9.17) is 0 Å². The number of rotatable bonds is 4. The van der Waals surface area contributed by atoms with Crippen LogP contribution in [-0.4, -0.2) is 41.3 Å². The van der Waals surface area contributed by atoms with E-state index in [-0.39, 0.29) is 6.61 Å². The Morgan fingerprint density at radius 2 is 2.47 bits per heavy atom. The molecule has 2 heterocycles. The van der Waals surface area contributed by atoms with Crippen molar-refractivity contribution in [3.8, 4) is 0 Å². The molecule has 1 aliphatic rings. The second kappa shape index (κ2) is 5.82. The van der Waals surface area contributed by atoms with Crippen LogP contribution in [0.5, 0.6) is 0 Å². The number of aliphatic hydroxyl groups is 1. The fourth-order valence-electron chi connectivity index (χ4n) is 2.19. The molecule has 1 atom stereocenters. The van der Waals surface area contributed by atoms with E-state index in [1.54, 1.807) is 6.20 Å². The highest BCUT2D eigenvalue weighted by molar-refractivity contribution is 5.42. The van der Waals surface area contributed by atoms with Crippen LogP contribution < -0.4 is 10.2 Å². The molecule has 17 heavy (non-hydrogen) atoms. The Morgan fingerprint density at radius 3 is 3.24 bits per heavy atom. The zero-order valence-corrected chi connectivity index (χ0v) is 10.3. The zero-order valence-electron chi connectivity index (χ0n) is 10.3. The molecule has 5 nitrogen and oxygen atoms in total. The molecule has 0 bridgehead atoms. The van der Waals surface area contributed by atoms with Crippen molar-refractivity contribution >= 4 is 11.8 Å². The lowest BCUT2D eigenvalue weighted by Crippen LogP contribution is -2.37. The number of hydrogen-bond donors (Lipinski definition) is 2. The molecule has 94 valence electrons. The van der Waals surface area contributed by atoms with Crippen molar-refractivity contribution in [3.63, 3.8) is 0 Å². The molecular formula is C12H20N4O. The minimum atomic E-state index is 0.266. The van der Waals surface area contributed by atoms with Crippen molar-refractivity contribution in [2.45, 2.75) is 19.8 Å². The van der Waals surface area contributed by atoms with Gasteiger partial charge >= 0.3 is 0 Å². The first-order valence-electron chi connectivity index (χ1n) is 6.26.